The van der Waals surface area contributed by atoms with Crippen molar-refractivity contribution in [3.8, 4) is 11.5 Å². The van der Waals surface area contributed by atoms with Crippen LogP contribution in [0.15, 0.2) is 35.9 Å². The number of phenols is 2. The van der Waals surface area contributed by atoms with Gasteiger partial charge in [0.25, 0.3) is 0 Å². The zero-order valence-electron chi connectivity index (χ0n) is 15.7. The molecule has 2 unspecified atom stereocenters. The number of aromatic hydroxyl groups is 2. The molecular weight excluding hydrogens is 306 g/mol. The first-order valence-corrected chi connectivity index (χ1v) is 9.03. The summed E-state index contributed by atoms with van der Waals surface area (Å²) in [5, 5.41) is 20.5. The quantitative estimate of drug-likeness (QED) is 0.573. The van der Waals surface area contributed by atoms with Gasteiger partial charge in [-0.3, -0.25) is 0 Å². The van der Waals surface area contributed by atoms with Gasteiger partial charge in [-0.05, 0) is 56.7 Å². The van der Waals surface area contributed by atoms with Crippen LogP contribution in [0.25, 0.3) is 0 Å². The number of rotatable bonds is 6. The van der Waals surface area contributed by atoms with E-state index in [9.17, 15) is 10.2 Å². The smallest absolute Gasteiger partial charge is 0.123 e. The first kappa shape index (κ1) is 19.8. The third kappa shape index (κ3) is 5.20. The van der Waals surface area contributed by atoms with Gasteiger partial charge in [-0.2, -0.15) is 0 Å². The summed E-state index contributed by atoms with van der Waals surface area (Å²) in [6.07, 6.45) is 6.39. The fourth-order valence-electron chi connectivity index (χ4n) is 3.75. The lowest BCUT2D eigenvalue weighted by Gasteiger charge is -2.31. The van der Waals surface area contributed by atoms with Gasteiger partial charge in [0.15, 0.2) is 0 Å². The Morgan fingerprint density at radius 2 is 1.88 bits per heavy atom. The summed E-state index contributed by atoms with van der Waals surface area (Å²) in [5.74, 6) is 0.513. The summed E-state index contributed by atoms with van der Waals surface area (Å²) in [6, 6.07) is 3.51. The number of hydrogen-bond acceptors (Lipinski definition) is 2. The van der Waals surface area contributed by atoms with E-state index in [0.29, 0.717) is 12.0 Å². The second kappa shape index (κ2) is 7.76. The average molecular weight is 334 g/mol. The fourth-order valence-corrected chi connectivity index (χ4v) is 3.75. The molecule has 1 aromatic rings. The van der Waals surface area contributed by atoms with E-state index in [1.54, 1.807) is 19.1 Å². The molecule has 4 radical (unpaired) electrons. The van der Waals surface area contributed by atoms with Gasteiger partial charge in [0, 0.05) is 11.5 Å². The van der Waals surface area contributed by atoms with Crippen LogP contribution in [0.1, 0.15) is 63.5 Å². The molecule has 0 saturated carbocycles. The molecule has 2 atom stereocenters. The lowest BCUT2D eigenvalue weighted by molar-refractivity contribution is 0.406. The van der Waals surface area contributed by atoms with Gasteiger partial charge in [0.1, 0.15) is 11.5 Å². The van der Waals surface area contributed by atoms with Crippen LogP contribution in [-0.2, 0) is 6.42 Å². The molecule has 1 aromatic carbocycles. The predicted octanol–water partition coefficient (Wildman–Crippen LogP) is 4.91. The van der Waals surface area contributed by atoms with Gasteiger partial charge in [-0.25, -0.2) is 0 Å². The molecule has 1 aliphatic carbocycles. The number of hydrogen-bond donors (Lipinski definition) is 2. The molecule has 0 aliphatic heterocycles. The number of allylic oxidation sites excluding steroid dienone is 3. The third-order valence-corrected chi connectivity index (χ3v) is 5.09. The highest BCUT2D eigenvalue weighted by molar-refractivity contribution is 6.39. The SMILES string of the molecule is [B]C([B])(C)CCCc1cc(O)c(C2C=C(C)CCC2C(=C)C)c(O)c1. The van der Waals surface area contributed by atoms with Crippen molar-refractivity contribution < 1.29 is 10.2 Å². The summed E-state index contributed by atoms with van der Waals surface area (Å²) in [7, 11) is 11.6. The summed E-state index contributed by atoms with van der Waals surface area (Å²) in [4.78, 5) is 0. The van der Waals surface area contributed by atoms with Crippen molar-refractivity contribution in [3.63, 3.8) is 0 Å². The van der Waals surface area contributed by atoms with Crippen LogP contribution < -0.4 is 0 Å². The molecule has 0 heterocycles. The zero-order chi connectivity index (χ0) is 18.8. The van der Waals surface area contributed by atoms with E-state index in [0.717, 1.165) is 36.8 Å². The highest BCUT2D eigenvalue weighted by Gasteiger charge is 2.30. The summed E-state index contributed by atoms with van der Waals surface area (Å²) < 4.78 is 0. The monoisotopic (exact) mass is 334 g/mol. The van der Waals surface area contributed by atoms with Crippen molar-refractivity contribution in [2.75, 3.05) is 0 Å². The minimum absolute atomic E-state index is 0.0309. The van der Waals surface area contributed by atoms with Crippen molar-refractivity contribution in [1.29, 1.82) is 0 Å². The highest BCUT2D eigenvalue weighted by atomic mass is 16.3. The molecule has 0 saturated heterocycles. The van der Waals surface area contributed by atoms with Gasteiger partial charge in [0.05, 0.1) is 15.7 Å². The van der Waals surface area contributed by atoms with E-state index in [2.05, 4.69) is 19.6 Å². The molecule has 0 fully saturated rings. The normalized spacial score (nSPS) is 21.0. The summed E-state index contributed by atoms with van der Waals surface area (Å²) >= 11 is 0. The van der Waals surface area contributed by atoms with Gasteiger partial charge >= 0.3 is 0 Å². The predicted molar refractivity (Wildman–Crippen MR) is 107 cm³/mol. The molecule has 4 heteroatoms. The lowest BCUT2D eigenvalue weighted by atomic mass is 9.54. The maximum Gasteiger partial charge on any atom is 0.123 e. The van der Waals surface area contributed by atoms with Crippen LogP contribution in [0.3, 0.4) is 0 Å². The van der Waals surface area contributed by atoms with Crippen LogP contribution in [-0.4, -0.2) is 25.9 Å². The Balaban J connectivity index is 2.27. The maximum absolute atomic E-state index is 10.6. The molecule has 130 valence electrons. The lowest BCUT2D eigenvalue weighted by Crippen LogP contribution is -2.17. The first-order valence-electron chi connectivity index (χ1n) is 9.03. The van der Waals surface area contributed by atoms with Crippen LogP contribution in [0.5, 0.6) is 11.5 Å². The van der Waals surface area contributed by atoms with Gasteiger partial charge in [-0.1, -0.05) is 43.6 Å². The Morgan fingerprint density at radius 3 is 2.40 bits per heavy atom. The van der Waals surface area contributed by atoms with Gasteiger partial charge < -0.3 is 10.2 Å². The topological polar surface area (TPSA) is 40.5 Å². The van der Waals surface area contributed by atoms with Crippen molar-refractivity contribution in [2.45, 2.75) is 64.0 Å². The first-order chi connectivity index (χ1) is 11.6. The highest BCUT2D eigenvalue weighted by Crippen LogP contribution is 2.46. The molecule has 0 aromatic heterocycles. The molecule has 1 aliphatic rings. The average Bonchev–Trinajstić information content (AvgIpc) is 2.44. The summed E-state index contributed by atoms with van der Waals surface area (Å²) in [6.45, 7) is 10.0. The standard InChI is InChI=1S/C21H28B2O2/c1-13(2)16-8-7-14(3)10-17(16)20-18(24)11-15(12-19(20)25)6-5-9-21(4,22)23/h10-12,16-17,24-25H,1,5-9H2,2-4H3. The molecule has 2 rings (SSSR count). The third-order valence-electron chi connectivity index (χ3n) is 5.09. The molecule has 0 bridgehead atoms. The van der Waals surface area contributed by atoms with E-state index >= 15 is 0 Å². The molecule has 0 amide bonds. The second-order valence-corrected chi connectivity index (χ2v) is 7.94. The van der Waals surface area contributed by atoms with E-state index in [-0.39, 0.29) is 23.3 Å². The number of aryl methyl sites for hydroxylation is 1. The van der Waals surface area contributed by atoms with E-state index in [4.69, 9.17) is 15.7 Å². The van der Waals surface area contributed by atoms with Crippen LogP contribution in [0.2, 0.25) is 5.21 Å². The Morgan fingerprint density at radius 1 is 1.28 bits per heavy atom. The summed E-state index contributed by atoms with van der Waals surface area (Å²) in [5.41, 5.74) is 3.88. The van der Waals surface area contributed by atoms with Crippen molar-refractivity contribution in [1.82, 2.24) is 0 Å². The molecule has 0 spiro atoms. The van der Waals surface area contributed by atoms with Crippen molar-refractivity contribution in [3.05, 3.63) is 47.1 Å². The minimum atomic E-state index is -0.691. The van der Waals surface area contributed by atoms with Crippen LogP contribution >= 0.6 is 0 Å². The van der Waals surface area contributed by atoms with Crippen LogP contribution in [0.4, 0.5) is 0 Å². The van der Waals surface area contributed by atoms with Gasteiger partial charge in [-0.15, -0.1) is 5.21 Å². The largest absolute Gasteiger partial charge is 0.507 e. The second-order valence-electron chi connectivity index (χ2n) is 7.94. The van der Waals surface area contributed by atoms with E-state index in [1.165, 1.54) is 5.57 Å². The van der Waals surface area contributed by atoms with Crippen LogP contribution in [0, 0.1) is 5.92 Å². The van der Waals surface area contributed by atoms with E-state index in [1.807, 2.05) is 6.92 Å². The number of phenolic OH excluding ortho intramolecular Hbond substituents is 2. The molecular formula is C21H28B2O2. The van der Waals surface area contributed by atoms with Crippen molar-refractivity contribution >= 4 is 15.7 Å². The van der Waals surface area contributed by atoms with Gasteiger partial charge in [0.2, 0.25) is 0 Å². The fraction of sp³-hybridized carbons (Fsp3) is 0.524. The Labute approximate surface area is 154 Å². The molecule has 2 nitrogen and oxygen atoms in total. The van der Waals surface area contributed by atoms with E-state index < -0.39 is 5.21 Å². The molecule has 2 N–H and O–H groups in total. The number of benzene rings is 1. The minimum Gasteiger partial charge on any atom is -0.507 e. The van der Waals surface area contributed by atoms with Crippen molar-refractivity contribution in [2.24, 2.45) is 5.92 Å². The Hall–Kier alpha value is -1.57. The Kier molecular flexibility index (Phi) is 6.13. The zero-order valence-corrected chi connectivity index (χ0v) is 15.7. The molecule has 25 heavy (non-hydrogen) atoms. The Bertz CT molecular complexity index is 648. The maximum atomic E-state index is 10.6.